The Balaban J connectivity index is 0.00000264. The third-order valence-electron chi connectivity index (χ3n) is 4.06. The van der Waals surface area contributed by atoms with Crippen LogP contribution in [-0.2, 0) is 16.5 Å². The van der Waals surface area contributed by atoms with Gasteiger partial charge in [-0.15, -0.1) is 23.7 Å². The second-order valence-electron chi connectivity index (χ2n) is 6.18. The second kappa shape index (κ2) is 7.36. The summed E-state index contributed by atoms with van der Waals surface area (Å²) < 4.78 is 37.9. The number of nitrogens with two attached hydrogens (primary N) is 1. The molecule has 0 aromatic carbocycles. The number of carbonyl (C=O) groups is 1. The molecule has 1 aromatic heterocycles. The maximum Gasteiger partial charge on any atom is 0.434 e. The largest absolute Gasteiger partial charge is 0.434 e. The van der Waals surface area contributed by atoms with Crippen molar-refractivity contribution in [1.82, 2.24) is 10.3 Å². The van der Waals surface area contributed by atoms with Crippen LogP contribution in [0.3, 0.4) is 0 Å². The molecular formula is C14H21ClF3N3OS. The summed E-state index contributed by atoms with van der Waals surface area (Å²) in [6.45, 7) is 3.78. The molecule has 132 valence electrons. The summed E-state index contributed by atoms with van der Waals surface area (Å²) in [5, 5.41) is 4.05. The Labute approximate surface area is 143 Å². The number of rotatable bonds is 4. The number of halogens is 4. The fourth-order valence-corrected chi connectivity index (χ4v) is 3.72. The van der Waals surface area contributed by atoms with Gasteiger partial charge in [-0.3, -0.25) is 4.79 Å². The van der Waals surface area contributed by atoms with Crippen LogP contribution in [0.4, 0.5) is 13.2 Å². The lowest BCUT2D eigenvalue weighted by Gasteiger charge is -2.27. The molecule has 2 atom stereocenters. The van der Waals surface area contributed by atoms with Crippen LogP contribution in [0.5, 0.6) is 0 Å². The van der Waals surface area contributed by atoms with Gasteiger partial charge in [0.15, 0.2) is 5.69 Å². The van der Waals surface area contributed by atoms with Crippen LogP contribution in [0.25, 0.3) is 0 Å². The molecule has 0 spiro atoms. The summed E-state index contributed by atoms with van der Waals surface area (Å²) >= 11 is 0.904. The molecule has 4 nitrogen and oxygen atoms in total. The van der Waals surface area contributed by atoms with Gasteiger partial charge < -0.3 is 11.1 Å². The lowest BCUT2D eigenvalue weighted by Crippen LogP contribution is -2.45. The zero-order valence-electron chi connectivity index (χ0n) is 12.9. The molecule has 2 rings (SSSR count). The maximum atomic E-state index is 12.6. The summed E-state index contributed by atoms with van der Waals surface area (Å²) in [5.74, 6) is -0.161. The van der Waals surface area contributed by atoms with Crippen LogP contribution in [0.1, 0.15) is 43.8 Å². The Morgan fingerprint density at radius 2 is 2.09 bits per heavy atom. The minimum Gasteiger partial charge on any atom is -0.344 e. The number of alkyl halides is 3. The average Bonchev–Trinajstić information content (AvgIpc) is 3.06. The number of hydrogen-bond donors (Lipinski definition) is 2. The van der Waals surface area contributed by atoms with E-state index in [2.05, 4.69) is 10.3 Å². The fraction of sp³-hybridized carbons (Fsp3) is 0.714. The van der Waals surface area contributed by atoms with Crippen molar-refractivity contribution >= 4 is 29.7 Å². The minimum atomic E-state index is -4.47. The predicted octanol–water partition coefficient (Wildman–Crippen LogP) is 3.31. The van der Waals surface area contributed by atoms with E-state index in [4.69, 9.17) is 5.73 Å². The van der Waals surface area contributed by atoms with E-state index in [0.717, 1.165) is 36.0 Å². The van der Waals surface area contributed by atoms with Gasteiger partial charge >= 0.3 is 6.18 Å². The lowest BCUT2D eigenvalue weighted by molar-refractivity contribution is -0.140. The van der Waals surface area contributed by atoms with Crippen LogP contribution in [-0.4, -0.2) is 17.4 Å². The van der Waals surface area contributed by atoms with Crippen LogP contribution in [0, 0.1) is 11.8 Å². The Kier molecular flexibility index (Phi) is 6.46. The van der Waals surface area contributed by atoms with E-state index in [9.17, 15) is 18.0 Å². The number of nitrogens with zero attached hydrogens (tertiary/aromatic N) is 1. The highest BCUT2D eigenvalue weighted by Gasteiger charge is 2.38. The second-order valence-corrected chi connectivity index (χ2v) is 7.04. The van der Waals surface area contributed by atoms with Crippen molar-refractivity contribution in [3.8, 4) is 0 Å². The smallest absolute Gasteiger partial charge is 0.344 e. The van der Waals surface area contributed by atoms with Crippen LogP contribution in [0.2, 0.25) is 0 Å². The van der Waals surface area contributed by atoms with Gasteiger partial charge in [0, 0.05) is 11.3 Å². The highest BCUT2D eigenvalue weighted by Crippen LogP contribution is 2.35. The van der Waals surface area contributed by atoms with Crippen LogP contribution in [0.15, 0.2) is 5.38 Å². The van der Waals surface area contributed by atoms with E-state index in [1.54, 1.807) is 13.8 Å². The first-order valence-electron chi connectivity index (χ1n) is 7.20. The molecule has 1 fully saturated rings. The van der Waals surface area contributed by atoms with Crippen molar-refractivity contribution in [3.05, 3.63) is 16.1 Å². The molecule has 1 heterocycles. The monoisotopic (exact) mass is 371 g/mol. The van der Waals surface area contributed by atoms with Crippen LogP contribution < -0.4 is 11.1 Å². The minimum absolute atomic E-state index is 0. The molecule has 1 aliphatic rings. The number of carbonyl (C=O) groups excluding carboxylic acids is 1. The molecule has 1 amide bonds. The normalized spacial score (nSPS) is 21.8. The first-order valence-corrected chi connectivity index (χ1v) is 8.08. The lowest BCUT2D eigenvalue weighted by atomic mass is 9.94. The highest BCUT2D eigenvalue weighted by atomic mass is 35.5. The maximum absolute atomic E-state index is 12.6. The number of hydrogen-bond acceptors (Lipinski definition) is 4. The predicted molar refractivity (Wildman–Crippen MR) is 85.4 cm³/mol. The van der Waals surface area contributed by atoms with Crippen molar-refractivity contribution < 1.29 is 18.0 Å². The third-order valence-corrected chi connectivity index (χ3v) is 5.23. The van der Waals surface area contributed by atoms with Crippen molar-refractivity contribution in [3.63, 3.8) is 0 Å². The molecular weight excluding hydrogens is 351 g/mol. The SMILES string of the molecule is CC(C)(NC(=O)[C@@H]1CCC[C@@H]1CN)c1nc(C(F)(F)F)cs1.Cl. The molecule has 9 heteroatoms. The van der Waals surface area contributed by atoms with Crippen molar-refractivity contribution in [1.29, 1.82) is 0 Å². The summed E-state index contributed by atoms with van der Waals surface area (Å²) in [7, 11) is 0. The van der Waals surface area contributed by atoms with Crippen molar-refractivity contribution in [2.45, 2.75) is 44.8 Å². The first-order chi connectivity index (χ1) is 10.1. The van der Waals surface area contributed by atoms with Crippen molar-refractivity contribution in [2.24, 2.45) is 17.6 Å². The molecule has 3 N–H and O–H groups in total. The summed E-state index contributed by atoms with van der Waals surface area (Å²) in [5.41, 5.74) is 3.81. The van der Waals surface area contributed by atoms with Crippen molar-refractivity contribution in [2.75, 3.05) is 6.54 Å². The van der Waals surface area contributed by atoms with E-state index in [0.29, 0.717) is 6.54 Å². The van der Waals surface area contributed by atoms with E-state index >= 15 is 0 Å². The molecule has 0 saturated heterocycles. The summed E-state index contributed by atoms with van der Waals surface area (Å²) in [6.07, 6.45) is -1.82. The molecule has 1 aromatic rings. The van der Waals surface area contributed by atoms with E-state index in [1.165, 1.54) is 0 Å². The summed E-state index contributed by atoms with van der Waals surface area (Å²) in [4.78, 5) is 16.0. The number of amides is 1. The van der Waals surface area contributed by atoms with Gasteiger partial charge in [0.05, 0.1) is 5.54 Å². The van der Waals surface area contributed by atoms with E-state index in [-0.39, 0.29) is 35.2 Å². The number of nitrogens with one attached hydrogen (secondary N) is 1. The molecule has 0 radical (unpaired) electrons. The zero-order valence-corrected chi connectivity index (χ0v) is 14.6. The van der Waals surface area contributed by atoms with Gasteiger partial charge in [0.25, 0.3) is 0 Å². The van der Waals surface area contributed by atoms with Gasteiger partial charge in [0.1, 0.15) is 5.01 Å². The van der Waals surface area contributed by atoms with E-state index < -0.39 is 17.4 Å². The standard InChI is InChI=1S/C14H20F3N3OS.ClH/c1-13(2,12-19-10(7-22-12)14(15,16)17)20-11(21)9-5-3-4-8(9)6-18;/h7-9H,3-6,18H2,1-2H3,(H,20,21);1H/t8-,9-;/m1./s1. The van der Waals surface area contributed by atoms with Gasteiger partial charge in [-0.05, 0) is 39.2 Å². The van der Waals surface area contributed by atoms with Crippen LogP contribution >= 0.6 is 23.7 Å². The molecule has 23 heavy (non-hydrogen) atoms. The number of thiazole rings is 1. The molecule has 1 aliphatic carbocycles. The Morgan fingerprint density at radius 1 is 1.43 bits per heavy atom. The number of aromatic nitrogens is 1. The van der Waals surface area contributed by atoms with E-state index in [1.807, 2.05) is 0 Å². The quantitative estimate of drug-likeness (QED) is 0.853. The highest BCUT2D eigenvalue weighted by molar-refractivity contribution is 7.09. The molecule has 0 unspecified atom stereocenters. The average molecular weight is 372 g/mol. The Bertz CT molecular complexity index is 548. The molecule has 1 saturated carbocycles. The van der Waals surface area contributed by atoms with Gasteiger partial charge in [-0.25, -0.2) is 4.98 Å². The summed E-state index contributed by atoms with van der Waals surface area (Å²) in [6, 6.07) is 0. The first kappa shape index (κ1) is 20.2. The van der Waals surface area contributed by atoms with Gasteiger partial charge in [-0.1, -0.05) is 6.42 Å². The zero-order chi connectivity index (χ0) is 16.5. The molecule has 0 bridgehead atoms. The van der Waals surface area contributed by atoms with Gasteiger partial charge in [-0.2, -0.15) is 13.2 Å². The topological polar surface area (TPSA) is 68.0 Å². The van der Waals surface area contributed by atoms with Gasteiger partial charge in [0.2, 0.25) is 5.91 Å². The third kappa shape index (κ3) is 4.58. The fourth-order valence-electron chi connectivity index (χ4n) is 2.81. The Hall–Kier alpha value is -0.860. The Morgan fingerprint density at radius 3 is 2.61 bits per heavy atom. The molecule has 0 aliphatic heterocycles.